The molecular formula is C18H22F2N3O2+. The van der Waals surface area contributed by atoms with Gasteiger partial charge < -0.3 is 15.8 Å². The van der Waals surface area contributed by atoms with E-state index in [1.807, 2.05) is 4.58 Å². The third-order valence-corrected chi connectivity index (χ3v) is 4.23. The van der Waals surface area contributed by atoms with Gasteiger partial charge in [-0.2, -0.15) is 4.58 Å². The zero-order valence-electron chi connectivity index (χ0n) is 14.1. The van der Waals surface area contributed by atoms with Gasteiger partial charge in [0.25, 0.3) is 11.7 Å². The molecule has 2 unspecified atom stereocenters. The number of halogens is 2. The molecule has 0 spiro atoms. The molecule has 5 nitrogen and oxygen atoms in total. The fourth-order valence-corrected chi connectivity index (χ4v) is 3.02. The van der Waals surface area contributed by atoms with Crippen LogP contribution in [0.2, 0.25) is 0 Å². The van der Waals surface area contributed by atoms with Gasteiger partial charge in [-0.1, -0.05) is 0 Å². The predicted molar refractivity (Wildman–Crippen MR) is 90.7 cm³/mol. The van der Waals surface area contributed by atoms with Gasteiger partial charge in [-0.15, -0.1) is 0 Å². The lowest BCUT2D eigenvalue weighted by Crippen LogP contribution is -2.22. The van der Waals surface area contributed by atoms with E-state index < -0.39 is 17.9 Å². The lowest BCUT2D eigenvalue weighted by atomic mass is 10.2. The standard InChI is InChI=1S/C18H21F2N3O2/c1-11-6-13(20)8-14(7-11)22-18(24)17(16-10-23(16)5-4-21)25-15-3-2-12(19)9-15/h6-8,10,12,15H,2-5,9,21H2,1H3/p+1/b17-16-. The van der Waals surface area contributed by atoms with E-state index in [0.29, 0.717) is 42.9 Å². The average molecular weight is 350 g/mol. The first-order valence-corrected chi connectivity index (χ1v) is 8.41. The molecule has 1 aliphatic heterocycles. The molecule has 1 saturated carbocycles. The second kappa shape index (κ2) is 7.31. The highest BCUT2D eigenvalue weighted by molar-refractivity contribution is 6.06. The second-order valence-electron chi connectivity index (χ2n) is 6.45. The molecule has 1 aromatic carbocycles. The van der Waals surface area contributed by atoms with Crippen molar-refractivity contribution in [3.8, 4) is 0 Å². The number of carbonyl (C=O) groups is 1. The predicted octanol–water partition coefficient (Wildman–Crippen LogP) is 2.25. The van der Waals surface area contributed by atoms with Crippen molar-refractivity contribution in [2.24, 2.45) is 5.73 Å². The van der Waals surface area contributed by atoms with Crippen LogP contribution in [0.15, 0.2) is 29.7 Å². The number of hydrogen-bond donors (Lipinski definition) is 2. The normalized spacial score (nSPS) is 23.9. The van der Waals surface area contributed by atoms with Crippen LogP contribution in [0.1, 0.15) is 24.8 Å². The summed E-state index contributed by atoms with van der Waals surface area (Å²) in [4.78, 5) is 12.6. The monoisotopic (exact) mass is 350 g/mol. The molecule has 0 saturated heterocycles. The first-order valence-electron chi connectivity index (χ1n) is 8.41. The van der Waals surface area contributed by atoms with E-state index in [-0.39, 0.29) is 18.3 Å². The SMILES string of the molecule is Cc1cc(F)cc(NC(=O)/C(OC2CCC(F)C2)=C2C=[N+]\2CCN)c1. The Morgan fingerprint density at radius 3 is 2.84 bits per heavy atom. The van der Waals surface area contributed by atoms with Crippen molar-refractivity contribution in [2.75, 3.05) is 18.4 Å². The number of rotatable bonds is 6. The minimum absolute atomic E-state index is 0.134. The van der Waals surface area contributed by atoms with E-state index in [1.165, 1.54) is 12.1 Å². The highest BCUT2D eigenvalue weighted by Crippen LogP contribution is 2.29. The number of carbonyl (C=O) groups excluding carboxylic acids is 1. The molecule has 0 bridgehead atoms. The van der Waals surface area contributed by atoms with Gasteiger partial charge in [-0.05, 0) is 43.5 Å². The number of amides is 1. The largest absolute Gasteiger partial charge is 0.480 e. The maximum atomic E-state index is 13.5. The number of hydrogen-bond acceptors (Lipinski definition) is 3. The van der Waals surface area contributed by atoms with Gasteiger partial charge in [0, 0.05) is 12.1 Å². The van der Waals surface area contributed by atoms with Crippen molar-refractivity contribution in [3.63, 3.8) is 0 Å². The molecule has 2 atom stereocenters. The van der Waals surface area contributed by atoms with E-state index in [4.69, 9.17) is 10.5 Å². The van der Waals surface area contributed by atoms with Crippen LogP contribution in [0.5, 0.6) is 0 Å². The van der Waals surface area contributed by atoms with Gasteiger partial charge in [0.15, 0.2) is 6.54 Å². The summed E-state index contributed by atoms with van der Waals surface area (Å²) in [6, 6.07) is 4.29. The Kier molecular flexibility index (Phi) is 5.13. The van der Waals surface area contributed by atoms with Gasteiger partial charge in [-0.3, -0.25) is 4.79 Å². The zero-order chi connectivity index (χ0) is 18.0. The van der Waals surface area contributed by atoms with Crippen molar-refractivity contribution in [1.29, 1.82) is 0 Å². The van der Waals surface area contributed by atoms with Crippen LogP contribution >= 0.6 is 0 Å². The molecule has 25 heavy (non-hydrogen) atoms. The Balaban J connectivity index is 1.76. The van der Waals surface area contributed by atoms with Crippen LogP contribution < -0.4 is 11.1 Å². The summed E-state index contributed by atoms with van der Waals surface area (Å²) >= 11 is 0. The van der Waals surface area contributed by atoms with Gasteiger partial charge in [-0.25, -0.2) is 8.78 Å². The summed E-state index contributed by atoms with van der Waals surface area (Å²) in [6.45, 7) is 2.76. The molecule has 7 heteroatoms. The molecule has 3 rings (SSSR count). The quantitative estimate of drug-likeness (QED) is 0.470. The number of ether oxygens (including phenoxy) is 1. The molecule has 3 N–H and O–H groups in total. The number of nitrogens with zero attached hydrogens (tertiary/aromatic N) is 1. The third-order valence-electron chi connectivity index (χ3n) is 4.23. The molecule has 1 heterocycles. The fraction of sp³-hybridized carbons (Fsp3) is 0.444. The smallest absolute Gasteiger partial charge is 0.317 e. The summed E-state index contributed by atoms with van der Waals surface area (Å²) in [5.41, 5.74) is 7.22. The van der Waals surface area contributed by atoms with Crippen molar-refractivity contribution in [2.45, 2.75) is 38.5 Å². The molecule has 1 aromatic rings. The van der Waals surface area contributed by atoms with Crippen LogP contribution in [0, 0.1) is 12.7 Å². The van der Waals surface area contributed by atoms with Crippen molar-refractivity contribution < 1.29 is 22.9 Å². The minimum atomic E-state index is -0.895. The molecule has 1 fully saturated rings. The van der Waals surface area contributed by atoms with Gasteiger partial charge in [0.1, 0.15) is 18.1 Å². The maximum absolute atomic E-state index is 13.5. The Labute approximate surface area is 145 Å². The second-order valence-corrected chi connectivity index (χ2v) is 6.45. The molecule has 1 amide bonds. The summed E-state index contributed by atoms with van der Waals surface area (Å²) in [6.07, 6.45) is 1.83. The molecule has 1 aliphatic carbocycles. The highest BCUT2D eigenvalue weighted by Gasteiger charge is 2.39. The van der Waals surface area contributed by atoms with Gasteiger partial charge in [0.05, 0.1) is 6.54 Å². The van der Waals surface area contributed by atoms with E-state index >= 15 is 0 Å². The van der Waals surface area contributed by atoms with Crippen molar-refractivity contribution in [3.05, 3.63) is 41.0 Å². The first kappa shape index (κ1) is 17.5. The first-order chi connectivity index (χ1) is 12.0. The Bertz CT molecular complexity index is 726. The Hall–Kier alpha value is -2.28. The summed E-state index contributed by atoms with van der Waals surface area (Å²) in [5.74, 6) is -0.767. The summed E-state index contributed by atoms with van der Waals surface area (Å²) < 4.78 is 34.5. The van der Waals surface area contributed by atoms with E-state index in [0.717, 1.165) is 0 Å². The molecule has 0 radical (unpaired) electrons. The number of anilines is 1. The molecule has 2 aliphatic rings. The number of alkyl halides is 1. The minimum Gasteiger partial charge on any atom is -0.480 e. The summed E-state index contributed by atoms with van der Waals surface area (Å²) in [5, 5.41) is 2.66. The van der Waals surface area contributed by atoms with Crippen LogP contribution in [0.3, 0.4) is 0 Å². The van der Waals surface area contributed by atoms with Gasteiger partial charge >= 0.3 is 5.70 Å². The third kappa shape index (κ3) is 4.42. The van der Waals surface area contributed by atoms with E-state index in [2.05, 4.69) is 5.32 Å². The number of benzene rings is 1. The highest BCUT2D eigenvalue weighted by atomic mass is 19.1. The van der Waals surface area contributed by atoms with E-state index in [1.54, 1.807) is 19.2 Å². The number of nitrogens with two attached hydrogens (primary N) is 1. The lowest BCUT2D eigenvalue weighted by Gasteiger charge is -2.14. The van der Waals surface area contributed by atoms with Crippen LogP contribution in [-0.2, 0) is 9.53 Å². The van der Waals surface area contributed by atoms with Crippen molar-refractivity contribution in [1.82, 2.24) is 0 Å². The average Bonchev–Trinajstić information content (AvgIpc) is 3.15. The van der Waals surface area contributed by atoms with Crippen LogP contribution in [0.4, 0.5) is 14.5 Å². The fourth-order valence-electron chi connectivity index (χ4n) is 3.02. The maximum Gasteiger partial charge on any atom is 0.317 e. The summed E-state index contributed by atoms with van der Waals surface area (Å²) in [7, 11) is 0. The Morgan fingerprint density at radius 1 is 1.40 bits per heavy atom. The molecule has 134 valence electrons. The number of aryl methyl sites for hydroxylation is 1. The van der Waals surface area contributed by atoms with Crippen LogP contribution in [-0.4, -0.2) is 42.1 Å². The topological polar surface area (TPSA) is 67.4 Å². The number of nitrogens with one attached hydrogen (secondary N) is 1. The van der Waals surface area contributed by atoms with E-state index in [9.17, 15) is 13.6 Å². The van der Waals surface area contributed by atoms with Crippen LogP contribution in [0.25, 0.3) is 0 Å². The lowest BCUT2D eigenvalue weighted by molar-refractivity contribution is -0.402. The molecular weight excluding hydrogens is 328 g/mol. The zero-order valence-corrected chi connectivity index (χ0v) is 14.1. The van der Waals surface area contributed by atoms with Crippen molar-refractivity contribution >= 4 is 17.8 Å². The number of allylic oxidation sites excluding steroid dienone is 1. The molecule has 0 aromatic heterocycles. The van der Waals surface area contributed by atoms with Gasteiger partial charge in [0.2, 0.25) is 6.21 Å². The Morgan fingerprint density at radius 2 is 2.20 bits per heavy atom.